The Morgan fingerprint density at radius 2 is 1.73 bits per heavy atom. The van der Waals surface area contributed by atoms with Gasteiger partial charge >= 0.3 is 0 Å². The van der Waals surface area contributed by atoms with Gasteiger partial charge in [-0.25, -0.2) is 0 Å². The Labute approximate surface area is 182 Å². The van der Waals surface area contributed by atoms with Crippen LogP contribution in [0.4, 0.5) is 5.69 Å². The molecule has 1 amide bonds. The molecule has 166 valence electrons. The van der Waals surface area contributed by atoms with Gasteiger partial charge in [-0.05, 0) is 63.6 Å². The van der Waals surface area contributed by atoms with Crippen LogP contribution in [0.15, 0.2) is 24.3 Å². The van der Waals surface area contributed by atoms with E-state index < -0.39 is 5.60 Å². The molecule has 0 unspecified atom stereocenters. The number of hydrogen-bond donors (Lipinski definition) is 1. The van der Waals surface area contributed by atoms with Gasteiger partial charge in [0.25, 0.3) is 0 Å². The van der Waals surface area contributed by atoms with Crippen molar-refractivity contribution in [2.24, 2.45) is 5.92 Å². The second kappa shape index (κ2) is 9.27. The molecule has 5 nitrogen and oxygen atoms in total. The van der Waals surface area contributed by atoms with E-state index in [1.165, 1.54) is 17.7 Å². The van der Waals surface area contributed by atoms with Crippen LogP contribution in [0.25, 0.3) is 0 Å². The highest BCUT2D eigenvalue weighted by Crippen LogP contribution is 2.49. The highest BCUT2D eigenvalue weighted by molar-refractivity contribution is 5.78. The lowest BCUT2D eigenvalue weighted by molar-refractivity contribution is -0.144. The van der Waals surface area contributed by atoms with Crippen molar-refractivity contribution in [3.63, 3.8) is 0 Å². The molecule has 5 heteroatoms. The predicted molar refractivity (Wildman–Crippen MR) is 122 cm³/mol. The van der Waals surface area contributed by atoms with Crippen LogP contribution in [0.3, 0.4) is 0 Å². The van der Waals surface area contributed by atoms with Gasteiger partial charge < -0.3 is 14.9 Å². The number of hydrogen-bond acceptors (Lipinski definition) is 4. The molecule has 0 aromatic heterocycles. The molecule has 3 fully saturated rings. The molecular formula is C25H39N3O2. The minimum Gasteiger partial charge on any atom is -0.389 e. The predicted octanol–water partition coefficient (Wildman–Crippen LogP) is 3.82. The van der Waals surface area contributed by atoms with E-state index in [9.17, 15) is 9.90 Å². The smallest absolute Gasteiger partial charge is 0.236 e. The standard InChI is InChI=1S/C25H39N3O2/c1-3-26(4-2)21-12-10-20(11-13-21)24-22-9-5-6-14-25(22,30)15-18-28(24)19-23(29)27-16-7-8-17-27/h10-13,22,24,30H,3-9,14-19H2,1-2H3/t22-,24+,25+/m1/s1. The van der Waals surface area contributed by atoms with Crippen molar-refractivity contribution in [3.8, 4) is 0 Å². The van der Waals surface area contributed by atoms with Gasteiger partial charge in [0.15, 0.2) is 0 Å². The third-order valence-corrected chi connectivity index (χ3v) is 7.83. The van der Waals surface area contributed by atoms with E-state index in [1.807, 2.05) is 4.90 Å². The minimum absolute atomic E-state index is 0.126. The second-order valence-corrected chi connectivity index (χ2v) is 9.47. The maximum atomic E-state index is 13.0. The van der Waals surface area contributed by atoms with Crippen LogP contribution in [0, 0.1) is 5.92 Å². The van der Waals surface area contributed by atoms with Crippen LogP contribution in [0.2, 0.25) is 0 Å². The molecule has 3 aliphatic rings. The van der Waals surface area contributed by atoms with Crippen molar-refractivity contribution in [1.82, 2.24) is 9.80 Å². The summed E-state index contributed by atoms with van der Waals surface area (Å²) in [5.74, 6) is 0.476. The SMILES string of the molecule is CCN(CC)c1ccc([C@H]2[C@H]3CCCC[C@]3(O)CCN2CC(=O)N2CCCC2)cc1. The van der Waals surface area contributed by atoms with Gasteiger partial charge in [0.1, 0.15) is 0 Å². The number of fused-ring (bicyclic) bond motifs is 1. The van der Waals surface area contributed by atoms with E-state index in [1.54, 1.807) is 0 Å². The van der Waals surface area contributed by atoms with Crippen molar-refractivity contribution >= 4 is 11.6 Å². The molecule has 1 aliphatic carbocycles. The van der Waals surface area contributed by atoms with Crippen molar-refractivity contribution in [1.29, 1.82) is 0 Å². The van der Waals surface area contributed by atoms with E-state index in [0.717, 1.165) is 71.2 Å². The van der Waals surface area contributed by atoms with Crippen LogP contribution < -0.4 is 4.90 Å². The summed E-state index contributed by atoms with van der Waals surface area (Å²) < 4.78 is 0. The molecule has 2 aliphatic heterocycles. The van der Waals surface area contributed by atoms with Crippen LogP contribution in [-0.2, 0) is 4.79 Å². The Morgan fingerprint density at radius 1 is 1.03 bits per heavy atom. The Kier molecular flexibility index (Phi) is 6.69. The Morgan fingerprint density at radius 3 is 2.40 bits per heavy atom. The first-order valence-electron chi connectivity index (χ1n) is 12.1. The maximum Gasteiger partial charge on any atom is 0.236 e. The summed E-state index contributed by atoms with van der Waals surface area (Å²) in [6, 6.07) is 9.05. The summed E-state index contributed by atoms with van der Waals surface area (Å²) >= 11 is 0. The Bertz CT molecular complexity index is 712. The van der Waals surface area contributed by atoms with Gasteiger partial charge in [-0.3, -0.25) is 9.69 Å². The van der Waals surface area contributed by atoms with Gasteiger partial charge in [-0.1, -0.05) is 25.0 Å². The average molecular weight is 414 g/mol. The number of anilines is 1. The summed E-state index contributed by atoms with van der Waals surface area (Å²) in [5, 5.41) is 11.5. The molecular weight excluding hydrogens is 374 g/mol. The maximum absolute atomic E-state index is 13.0. The first kappa shape index (κ1) is 21.6. The molecule has 1 N–H and O–H groups in total. The summed E-state index contributed by atoms with van der Waals surface area (Å²) in [7, 11) is 0. The Balaban J connectivity index is 1.60. The van der Waals surface area contributed by atoms with Gasteiger partial charge in [-0.2, -0.15) is 0 Å². The first-order chi connectivity index (χ1) is 14.6. The molecule has 30 heavy (non-hydrogen) atoms. The van der Waals surface area contributed by atoms with Crippen molar-refractivity contribution in [2.75, 3.05) is 44.2 Å². The fraction of sp³-hybridized carbons (Fsp3) is 0.720. The Hall–Kier alpha value is -1.59. The zero-order chi connectivity index (χ0) is 21.1. The van der Waals surface area contributed by atoms with E-state index in [0.29, 0.717) is 6.54 Å². The third kappa shape index (κ3) is 4.24. The molecule has 0 radical (unpaired) electrons. The molecule has 0 bridgehead atoms. The molecule has 3 atom stereocenters. The number of aliphatic hydroxyl groups is 1. The molecule has 1 aromatic rings. The summed E-state index contributed by atoms with van der Waals surface area (Å²) in [6.07, 6.45) is 7.29. The lowest BCUT2D eigenvalue weighted by Gasteiger charge is -2.52. The molecule has 1 aromatic carbocycles. The van der Waals surface area contributed by atoms with Gasteiger partial charge in [0.2, 0.25) is 5.91 Å². The number of rotatable bonds is 6. The zero-order valence-electron chi connectivity index (χ0n) is 18.9. The summed E-state index contributed by atoms with van der Waals surface area (Å²) in [4.78, 5) is 19.7. The first-order valence-corrected chi connectivity index (χ1v) is 12.1. The topological polar surface area (TPSA) is 47.0 Å². The number of carbonyl (C=O) groups is 1. The van der Waals surface area contributed by atoms with Crippen LogP contribution in [0.5, 0.6) is 0 Å². The van der Waals surface area contributed by atoms with Gasteiger partial charge in [0.05, 0.1) is 12.1 Å². The van der Waals surface area contributed by atoms with E-state index in [2.05, 4.69) is 47.9 Å². The fourth-order valence-corrected chi connectivity index (χ4v) is 6.07. The highest BCUT2D eigenvalue weighted by atomic mass is 16.3. The van der Waals surface area contributed by atoms with Crippen LogP contribution >= 0.6 is 0 Å². The van der Waals surface area contributed by atoms with Crippen LogP contribution in [0.1, 0.15) is 70.4 Å². The summed E-state index contributed by atoms with van der Waals surface area (Å²) in [5.41, 5.74) is 1.93. The number of carbonyl (C=O) groups excluding carboxylic acids is 1. The molecule has 4 rings (SSSR count). The van der Waals surface area contributed by atoms with Crippen molar-refractivity contribution in [2.45, 2.75) is 70.4 Å². The summed E-state index contributed by atoms with van der Waals surface area (Å²) in [6.45, 7) is 9.46. The average Bonchev–Trinajstić information content (AvgIpc) is 3.30. The second-order valence-electron chi connectivity index (χ2n) is 9.47. The number of likely N-dealkylation sites (tertiary alicyclic amines) is 2. The van der Waals surface area contributed by atoms with Crippen molar-refractivity contribution in [3.05, 3.63) is 29.8 Å². The van der Waals surface area contributed by atoms with E-state index in [-0.39, 0.29) is 17.9 Å². The fourth-order valence-electron chi connectivity index (χ4n) is 6.07. The monoisotopic (exact) mass is 413 g/mol. The molecule has 1 saturated carbocycles. The number of amides is 1. The normalized spacial score (nSPS) is 29.6. The third-order valence-electron chi connectivity index (χ3n) is 7.83. The molecule has 2 heterocycles. The van der Waals surface area contributed by atoms with Gasteiger partial charge in [0, 0.05) is 50.4 Å². The quantitative estimate of drug-likeness (QED) is 0.770. The molecule has 0 spiro atoms. The largest absolute Gasteiger partial charge is 0.389 e. The lowest BCUT2D eigenvalue weighted by Crippen LogP contribution is -2.56. The number of piperidine rings is 1. The zero-order valence-corrected chi connectivity index (χ0v) is 18.9. The number of benzene rings is 1. The molecule has 2 saturated heterocycles. The van der Waals surface area contributed by atoms with E-state index in [4.69, 9.17) is 0 Å². The lowest BCUT2D eigenvalue weighted by atomic mass is 9.66. The number of nitrogens with zero attached hydrogens (tertiary/aromatic N) is 3. The highest BCUT2D eigenvalue weighted by Gasteiger charge is 2.49. The van der Waals surface area contributed by atoms with Gasteiger partial charge in [-0.15, -0.1) is 0 Å². The van der Waals surface area contributed by atoms with Crippen LogP contribution in [-0.4, -0.2) is 65.7 Å². The minimum atomic E-state index is -0.576. The van der Waals surface area contributed by atoms with E-state index >= 15 is 0 Å². The van der Waals surface area contributed by atoms with Crippen molar-refractivity contribution < 1.29 is 9.90 Å².